The minimum atomic E-state index is 0.315. The second-order valence-corrected chi connectivity index (χ2v) is 4.27. The van der Waals surface area contributed by atoms with Crippen molar-refractivity contribution in [2.75, 3.05) is 12.3 Å². The Bertz CT molecular complexity index is 296. The Morgan fingerprint density at radius 2 is 1.87 bits per heavy atom. The molecule has 84 valence electrons. The Morgan fingerprint density at radius 3 is 2.47 bits per heavy atom. The molecule has 0 aliphatic heterocycles. The van der Waals surface area contributed by atoms with Gasteiger partial charge in [-0.15, -0.1) is 0 Å². The predicted molar refractivity (Wildman–Crippen MR) is 64.8 cm³/mol. The van der Waals surface area contributed by atoms with E-state index in [9.17, 15) is 0 Å². The molecule has 2 nitrogen and oxygen atoms in total. The van der Waals surface area contributed by atoms with Crippen LogP contribution in [0.1, 0.15) is 26.3 Å². The predicted octanol–water partition coefficient (Wildman–Crippen LogP) is 2.87. The summed E-state index contributed by atoms with van der Waals surface area (Å²) in [5.41, 5.74) is 7.88. The quantitative estimate of drug-likeness (QED) is 0.753. The third-order valence-electron chi connectivity index (χ3n) is 2.75. The van der Waals surface area contributed by atoms with Crippen molar-refractivity contribution in [3.05, 3.63) is 29.8 Å². The van der Waals surface area contributed by atoms with Crippen LogP contribution in [0, 0.1) is 5.92 Å². The molecule has 0 heterocycles. The van der Waals surface area contributed by atoms with E-state index in [1.54, 1.807) is 0 Å². The third-order valence-corrected chi connectivity index (χ3v) is 2.75. The van der Waals surface area contributed by atoms with Gasteiger partial charge in [-0.3, -0.25) is 0 Å². The van der Waals surface area contributed by atoms with Crippen LogP contribution in [0.4, 0.5) is 5.69 Å². The fourth-order valence-electron chi connectivity index (χ4n) is 1.31. The molecule has 0 aliphatic carbocycles. The van der Waals surface area contributed by atoms with Gasteiger partial charge in [0.15, 0.2) is 0 Å². The van der Waals surface area contributed by atoms with E-state index in [0.29, 0.717) is 12.0 Å². The van der Waals surface area contributed by atoms with Crippen molar-refractivity contribution in [3.63, 3.8) is 0 Å². The molecule has 0 aliphatic rings. The summed E-state index contributed by atoms with van der Waals surface area (Å²) in [7, 11) is 0. The average molecular weight is 207 g/mol. The number of hydrogen-bond acceptors (Lipinski definition) is 2. The molecule has 2 heteroatoms. The summed E-state index contributed by atoms with van der Waals surface area (Å²) in [5.74, 6) is 0.568. The molecule has 1 rings (SSSR count). The molecule has 1 unspecified atom stereocenters. The topological polar surface area (TPSA) is 35.2 Å². The highest BCUT2D eigenvalue weighted by Gasteiger charge is 2.07. The number of para-hydroxylation sites is 1. The molecular weight excluding hydrogens is 186 g/mol. The number of hydrogen-bond donors (Lipinski definition) is 1. The Hall–Kier alpha value is -1.02. The highest BCUT2D eigenvalue weighted by atomic mass is 16.5. The number of benzene rings is 1. The minimum Gasteiger partial charge on any atom is -0.399 e. The number of anilines is 1. The van der Waals surface area contributed by atoms with Crippen LogP contribution in [0.3, 0.4) is 0 Å². The lowest BCUT2D eigenvalue weighted by Gasteiger charge is -2.16. The van der Waals surface area contributed by atoms with Gasteiger partial charge in [-0.2, -0.15) is 0 Å². The molecular formula is C13H21NO. The monoisotopic (exact) mass is 207 g/mol. The fraction of sp³-hybridized carbons (Fsp3) is 0.538. The van der Waals surface area contributed by atoms with E-state index in [4.69, 9.17) is 10.5 Å². The van der Waals surface area contributed by atoms with Crippen LogP contribution in [-0.2, 0) is 11.2 Å². The smallest absolute Gasteiger partial charge is 0.0570 e. The van der Waals surface area contributed by atoms with E-state index in [0.717, 1.165) is 18.7 Å². The van der Waals surface area contributed by atoms with Crippen molar-refractivity contribution in [2.24, 2.45) is 5.92 Å². The zero-order chi connectivity index (χ0) is 11.3. The number of nitrogen functional groups attached to an aromatic ring is 1. The van der Waals surface area contributed by atoms with Gasteiger partial charge in [-0.1, -0.05) is 32.0 Å². The summed E-state index contributed by atoms with van der Waals surface area (Å²) >= 11 is 0. The molecule has 0 amide bonds. The maximum Gasteiger partial charge on any atom is 0.0570 e. The van der Waals surface area contributed by atoms with Crippen LogP contribution in [0.25, 0.3) is 0 Å². The first-order valence-electron chi connectivity index (χ1n) is 5.56. The van der Waals surface area contributed by atoms with Crippen molar-refractivity contribution < 1.29 is 4.74 Å². The zero-order valence-corrected chi connectivity index (χ0v) is 9.86. The van der Waals surface area contributed by atoms with Gasteiger partial charge in [0, 0.05) is 5.69 Å². The summed E-state index contributed by atoms with van der Waals surface area (Å²) < 4.78 is 5.71. The molecule has 1 aromatic carbocycles. The Labute approximate surface area is 92.4 Å². The lowest BCUT2D eigenvalue weighted by molar-refractivity contribution is 0.0375. The summed E-state index contributed by atoms with van der Waals surface area (Å²) in [6.45, 7) is 7.19. The van der Waals surface area contributed by atoms with Gasteiger partial charge in [-0.05, 0) is 30.9 Å². The zero-order valence-electron chi connectivity index (χ0n) is 9.86. The van der Waals surface area contributed by atoms with Gasteiger partial charge in [0.05, 0.1) is 12.7 Å². The first kappa shape index (κ1) is 12.1. The van der Waals surface area contributed by atoms with Crippen LogP contribution in [0.5, 0.6) is 0 Å². The number of ether oxygens (including phenoxy) is 1. The molecule has 1 aromatic rings. The third kappa shape index (κ3) is 3.92. The van der Waals surface area contributed by atoms with Crippen molar-refractivity contribution in [2.45, 2.75) is 33.3 Å². The SMILES string of the molecule is CC(C)C(C)OCCc1ccccc1N. The summed E-state index contributed by atoms with van der Waals surface area (Å²) in [6, 6.07) is 7.95. The second kappa shape index (κ2) is 5.76. The van der Waals surface area contributed by atoms with E-state index in [1.165, 1.54) is 5.56 Å². The molecule has 0 bridgehead atoms. The highest BCUT2D eigenvalue weighted by molar-refractivity contribution is 5.46. The van der Waals surface area contributed by atoms with Crippen LogP contribution in [0.15, 0.2) is 24.3 Å². The second-order valence-electron chi connectivity index (χ2n) is 4.27. The van der Waals surface area contributed by atoms with E-state index >= 15 is 0 Å². The van der Waals surface area contributed by atoms with Crippen LogP contribution >= 0.6 is 0 Å². The number of nitrogens with two attached hydrogens (primary N) is 1. The van der Waals surface area contributed by atoms with Gasteiger partial charge in [0.2, 0.25) is 0 Å². The lowest BCUT2D eigenvalue weighted by Crippen LogP contribution is -2.17. The van der Waals surface area contributed by atoms with E-state index in [2.05, 4.69) is 26.8 Å². The molecule has 0 saturated heterocycles. The lowest BCUT2D eigenvalue weighted by atomic mass is 10.1. The van der Waals surface area contributed by atoms with E-state index in [-0.39, 0.29) is 0 Å². The fourth-order valence-corrected chi connectivity index (χ4v) is 1.31. The highest BCUT2D eigenvalue weighted by Crippen LogP contribution is 2.12. The molecule has 0 aromatic heterocycles. The Balaban J connectivity index is 2.35. The Morgan fingerprint density at radius 1 is 1.20 bits per heavy atom. The molecule has 0 spiro atoms. The van der Waals surface area contributed by atoms with Crippen LogP contribution < -0.4 is 5.73 Å². The first-order chi connectivity index (χ1) is 7.11. The maximum atomic E-state index is 5.84. The van der Waals surface area contributed by atoms with E-state index in [1.807, 2.05) is 18.2 Å². The van der Waals surface area contributed by atoms with Crippen LogP contribution in [0.2, 0.25) is 0 Å². The largest absolute Gasteiger partial charge is 0.399 e. The van der Waals surface area contributed by atoms with Crippen molar-refractivity contribution in [3.8, 4) is 0 Å². The normalized spacial score (nSPS) is 13.1. The average Bonchev–Trinajstić information content (AvgIpc) is 2.20. The van der Waals surface area contributed by atoms with E-state index < -0.39 is 0 Å². The summed E-state index contributed by atoms with van der Waals surface area (Å²) in [6.07, 6.45) is 1.21. The molecule has 0 saturated carbocycles. The van der Waals surface area contributed by atoms with Crippen molar-refractivity contribution >= 4 is 5.69 Å². The standard InChI is InChI=1S/C13H21NO/c1-10(2)11(3)15-9-8-12-6-4-5-7-13(12)14/h4-7,10-11H,8-9,14H2,1-3H3. The van der Waals surface area contributed by atoms with Gasteiger partial charge < -0.3 is 10.5 Å². The van der Waals surface area contributed by atoms with Crippen molar-refractivity contribution in [1.29, 1.82) is 0 Å². The molecule has 0 radical (unpaired) electrons. The molecule has 15 heavy (non-hydrogen) atoms. The maximum absolute atomic E-state index is 5.84. The first-order valence-corrected chi connectivity index (χ1v) is 5.56. The minimum absolute atomic E-state index is 0.315. The van der Waals surface area contributed by atoms with Gasteiger partial charge in [0.1, 0.15) is 0 Å². The van der Waals surface area contributed by atoms with Crippen LogP contribution in [-0.4, -0.2) is 12.7 Å². The molecule has 2 N–H and O–H groups in total. The summed E-state index contributed by atoms with van der Waals surface area (Å²) in [4.78, 5) is 0. The van der Waals surface area contributed by atoms with Gasteiger partial charge in [0.25, 0.3) is 0 Å². The van der Waals surface area contributed by atoms with Crippen molar-refractivity contribution in [1.82, 2.24) is 0 Å². The number of rotatable bonds is 5. The van der Waals surface area contributed by atoms with Gasteiger partial charge in [-0.25, -0.2) is 0 Å². The molecule has 1 atom stereocenters. The van der Waals surface area contributed by atoms with Gasteiger partial charge >= 0.3 is 0 Å². The summed E-state index contributed by atoms with van der Waals surface area (Å²) in [5, 5.41) is 0. The molecule has 0 fully saturated rings. The Kier molecular flexibility index (Phi) is 4.63.